The number of methoxy groups -OCH3 is 1. The summed E-state index contributed by atoms with van der Waals surface area (Å²) in [7, 11) is 1.59. The molecule has 0 bridgehead atoms. The van der Waals surface area contributed by atoms with Crippen molar-refractivity contribution >= 4 is 17.2 Å². The average molecular weight is 321 g/mol. The molecular formula is C15H19N3O3S. The number of piperidine rings is 1. The normalized spacial score (nSPS) is 18.6. The molecular weight excluding hydrogens is 302 g/mol. The zero-order valence-corrected chi connectivity index (χ0v) is 13.3. The molecule has 2 aromatic rings. The minimum atomic E-state index is -0.112. The maximum absolute atomic E-state index is 12.6. The lowest BCUT2D eigenvalue weighted by atomic mass is 10.0. The first-order valence-electron chi connectivity index (χ1n) is 7.41. The first-order valence-corrected chi connectivity index (χ1v) is 8.29. The number of rotatable bonds is 5. The van der Waals surface area contributed by atoms with Crippen molar-refractivity contribution in [1.29, 1.82) is 0 Å². The van der Waals surface area contributed by atoms with Crippen molar-refractivity contribution in [2.75, 3.05) is 13.7 Å². The number of aromatic nitrogens is 2. The van der Waals surface area contributed by atoms with Crippen LogP contribution < -0.4 is 0 Å². The summed E-state index contributed by atoms with van der Waals surface area (Å²) in [5.41, 5.74) is 0. The predicted molar refractivity (Wildman–Crippen MR) is 81.3 cm³/mol. The van der Waals surface area contributed by atoms with Crippen molar-refractivity contribution in [3.63, 3.8) is 0 Å². The van der Waals surface area contributed by atoms with Crippen LogP contribution in [0.3, 0.4) is 0 Å². The third kappa shape index (κ3) is 3.36. The van der Waals surface area contributed by atoms with Gasteiger partial charge < -0.3 is 14.2 Å². The van der Waals surface area contributed by atoms with E-state index in [1.54, 1.807) is 18.4 Å². The molecule has 0 radical (unpaired) electrons. The highest BCUT2D eigenvalue weighted by Gasteiger charge is 2.32. The first-order chi connectivity index (χ1) is 10.8. The van der Waals surface area contributed by atoms with E-state index in [0.29, 0.717) is 24.7 Å². The van der Waals surface area contributed by atoms with E-state index >= 15 is 0 Å². The van der Waals surface area contributed by atoms with Gasteiger partial charge in [0.1, 0.15) is 12.6 Å². The van der Waals surface area contributed by atoms with Gasteiger partial charge in [0.25, 0.3) is 0 Å². The van der Waals surface area contributed by atoms with Crippen LogP contribution in [0, 0.1) is 0 Å². The second-order valence-electron chi connectivity index (χ2n) is 5.34. The quantitative estimate of drug-likeness (QED) is 0.846. The predicted octanol–water partition coefficient (Wildman–Crippen LogP) is 2.57. The Morgan fingerprint density at radius 2 is 2.45 bits per heavy atom. The van der Waals surface area contributed by atoms with E-state index in [9.17, 15) is 4.79 Å². The minimum absolute atomic E-state index is 0.112. The lowest BCUT2D eigenvalue weighted by molar-refractivity contribution is -0.134. The number of ether oxygens (including phenoxy) is 1. The molecule has 3 heterocycles. The molecule has 7 heteroatoms. The summed E-state index contributed by atoms with van der Waals surface area (Å²) in [5, 5.41) is 5.90. The SMILES string of the molecule is COCc1noc(C2CCCCN2C(=O)Cc2cccs2)n1. The summed E-state index contributed by atoms with van der Waals surface area (Å²) >= 11 is 1.61. The molecule has 6 nitrogen and oxygen atoms in total. The third-order valence-corrected chi connectivity index (χ3v) is 4.65. The summed E-state index contributed by atoms with van der Waals surface area (Å²) in [6.45, 7) is 1.07. The fourth-order valence-corrected chi connectivity index (χ4v) is 3.44. The van der Waals surface area contributed by atoms with Crippen molar-refractivity contribution in [2.24, 2.45) is 0 Å². The molecule has 1 atom stereocenters. The van der Waals surface area contributed by atoms with Crippen molar-refractivity contribution in [3.8, 4) is 0 Å². The summed E-state index contributed by atoms with van der Waals surface area (Å²) in [6, 6.07) is 3.85. The number of hydrogen-bond donors (Lipinski definition) is 0. The average Bonchev–Trinajstić information content (AvgIpc) is 3.19. The number of nitrogens with zero attached hydrogens (tertiary/aromatic N) is 3. The molecule has 0 saturated carbocycles. The van der Waals surface area contributed by atoms with Gasteiger partial charge in [-0.3, -0.25) is 4.79 Å². The van der Waals surface area contributed by atoms with Crippen molar-refractivity contribution in [1.82, 2.24) is 15.0 Å². The zero-order chi connectivity index (χ0) is 15.4. The molecule has 22 heavy (non-hydrogen) atoms. The van der Waals surface area contributed by atoms with Crippen LogP contribution in [-0.2, 0) is 22.6 Å². The smallest absolute Gasteiger partial charge is 0.249 e. The molecule has 0 aromatic carbocycles. The zero-order valence-electron chi connectivity index (χ0n) is 12.5. The second-order valence-corrected chi connectivity index (χ2v) is 6.37. The van der Waals surface area contributed by atoms with Crippen molar-refractivity contribution in [2.45, 2.75) is 38.3 Å². The van der Waals surface area contributed by atoms with Crippen LogP contribution in [0.2, 0.25) is 0 Å². The number of likely N-dealkylation sites (tertiary alicyclic amines) is 1. The second kappa shape index (κ2) is 7.02. The molecule has 1 unspecified atom stereocenters. The summed E-state index contributed by atoms with van der Waals surface area (Å²) in [5.74, 6) is 1.17. The Morgan fingerprint density at radius 3 is 3.23 bits per heavy atom. The Bertz CT molecular complexity index is 611. The van der Waals surface area contributed by atoms with Gasteiger partial charge in [-0.25, -0.2) is 0 Å². The molecule has 1 saturated heterocycles. The lowest BCUT2D eigenvalue weighted by Crippen LogP contribution is -2.39. The summed E-state index contributed by atoms with van der Waals surface area (Å²) in [4.78, 5) is 19.9. The fourth-order valence-electron chi connectivity index (χ4n) is 2.74. The van der Waals surface area contributed by atoms with E-state index in [-0.39, 0.29) is 11.9 Å². The van der Waals surface area contributed by atoms with Crippen LogP contribution in [0.5, 0.6) is 0 Å². The highest BCUT2D eigenvalue weighted by atomic mass is 32.1. The van der Waals surface area contributed by atoms with E-state index in [1.165, 1.54) is 0 Å². The Balaban J connectivity index is 1.73. The van der Waals surface area contributed by atoms with Crippen LogP contribution in [0.25, 0.3) is 0 Å². The maximum atomic E-state index is 12.6. The Morgan fingerprint density at radius 1 is 1.55 bits per heavy atom. The fraction of sp³-hybridized carbons (Fsp3) is 0.533. The highest BCUT2D eigenvalue weighted by molar-refractivity contribution is 7.10. The van der Waals surface area contributed by atoms with Gasteiger partial charge in [-0.2, -0.15) is 4.98 Å². The number of amides is 1. The number of carbonyl (C=O) groups is 1. The number of thiophene rings is 1. The molecule has 1 aliphatic rings. The first kappa shape index (κ1) is 15.2. The summed E-state index contributed by atoms with van der Waals surface area (Å²) in [6.07, 6.45) is 3.39. The lowest BCUT2D eigenvalue weighted by Gasteiger charge is -2.33. The van der Waals surface area contributed by atoms with Crippen LogP contribution in [0.15, 0.2) is 22.0 Å². The Labute approximate surface area is 133 Å². The largest absolute Gasteiger partial charge is 0.377 e. The standard InChI is InChI=1S/C15H19N3O3S/c1-20-10-13-16-15(21-17-13)12-6-2-3-7-18(12)14(19)9-11-5-4-8-22-11/h4-5,8,12H,2-3,6-7,9-10H2,1H3. The topological polar surface area (TPSA) is 68.5 Å². The van der Waals surface area contributed by atoms with Crippen molar-refractivity contribution < 1.29 is 14.1 Å². The third-order valence-electron chi connectivity index (χ3n) is 3.77. The van der Waals surface area contributed by atoms with Gasteiger partial charge in [0.2, 0.25) is 11.8 Å². The van der Waals surface area contributed by atoms with Gasteiger partial charge in [0.15, 0.2) is 5.82 Å². The van der Waals surface area contributed by atoms with Crippen LogP contribution in [0.1, 0.15) is 41.9 Å². The van der Waals surface area contributed by atoms with Gasteiger partial charge in [-0.1, -0.05) is 11.2 Å². The van der Waals surface area contributed by atoms with Crippen LogP contribution >= 0.6 is 11.3 Å². The van der Waals surface area contributed by atoms with E-state index in [0.717, 1.165) is 30.7 Å². The van der Waals surface area contributed by atoms with Gasteiger partial charge in [0.05, 0.1) is 6.42 Å². The molecule has 2 aromatic heterocycles. The van der Waals surface area contributed by atoms with E-state index in [2.05, 4.69) is 10.1 Å². The van der Waals surface area contributed by atoms with E-state index < -0.39 is 0 Å². The molecule has 3 rings (SSSR count). The monoisotopic (exact) mass is 321 g/mol. The number of carbonyl (C=O) groups excluding carboxylic acids is 1. The van der Waals surface area contributed by atoms with Gasteiger partial charge in [-0.15, -0.1) is 11.3 Å². The molecule has 1 aliphatic heterocycles. The van der Waals surface area contributed by atoms with Crippen molar-refractivity contribution in [3.05, 3.63) is 34.1 Å². The summed E-state index contributed by atoms with van der Waals surface area (Å²) < 4.78 is 10.3. The van der Waals surface area contributed by atoms with Crippen LogP contribution in [0.4, 0.5) is 0 Å². The molecule has 1 fully saturated rings. The molecule has 0 aliphatic carbocycles. The number of hydrogen-bond acceptors (Lipinski definition) is 6. The van der Waals surface area contributed by atoms with Gasteiger partial charge in [0, 0.05) is 18.5 Å². The van der Waals surface area contributed by atoms with Gasteiger partial charge in [-0.05, 0) is 30.7 Å². The Kier molecular flexibility index (Phi) is 4.84. The molecule has 118 valence electrons. The molecule has 0 N–H and O–H groups in total. The van der Waals surface area contributed by atoms with Crippen LogP contribution in [-0.4, -0.2) is 34.6 Å². The van der Waals surface area contributed by atoms with Gasteiger partial charge >= 0.3 is 0 Å². The highest BCUT2D eigenvalue weighted by Crippen LogP contribution is 2.30. The molecule has 1 amide bonds. The van der Waals surface area contributed by atoms with E-state index in [4.69, 9.17) is 9.26 Å². The molecule has 0 spiro atoms. The van der Waals surface area contributed by atoms with E-state index in [1.807, 2.05) is 22.4 Å². The Hall–Kier alpha value is -1.73. The minimum Gasteiger partial charge on any atom is -0.377 e. The maximum Gasteiger partial charge on any atom is 0.249 e.